The quantitative estimate of drug-likeness (QED) is 0.478. The van der Waals surface area contributed by atoms with Gasteiger partial charge in [-0.3, -0.25) is 0 Å². The third-order valence-electron chi connectivity index (χ3n) is 4.30. The van der Waals surface area contributed by atoms with Crippen LogP contribution in [0.25, 0.3) is 0 Å². The lowest BCUT2D eigenvalue weighted by molar-refractivity contribution is 0.275. The average Bonchev–Trinajstić information content (AvgIpc) is 2.72. The molecule has 2 rings (SSSR count). The minimum absolute atomic E-state index is 0.0935. The maximum atomic E-state index is 13.5. The van der Waals surface area contributed by atoms with Crippen LogP contribution in [0.15, 0.2) is 41.4 Å². The Hall–Kier alpha value is -2.80. The topological polar surface area (TPSA) is 75.1 Å². The molecule has 0 spiro atoms. The fraction of sp³-hybridized carbons (Fsp3) is 0.381. The van der Waals surface area contributed by atoms with Crippen LogP contribution in [0, 0.1) is 5.82 Å². The number of benzene rings is 2. The van der Waals surface area contributed by atoms with E-state index in [4.69, 9.17) is 9.47 Å². The van der Waals surface area contributed by atoms with E-state index in [1.165, 1.54) is 6.07 Å². The Kier molecular flexibility index (Phi) is 8.07. The van der Waals surface area contributed by atoms with Crippen molar-refractivity contribution in [3.63, 3.8) is 0 Å². The van der Waals surface area contributed by atoms with Gasteiger partial charge in [0.1, 0.15) is 17.3 Å². The summed E-state index contributed by atoms with van der Waals surface area (Å²) in [5, 5.41) is 15.8. The van der Waals surface area contributed by atoms with Crippen LogP contribution < -0.4 is 20.1 Å². The highest BCUT2D eigenvalue weighted by atomic mass is 19.1. The zero-order valence-corrected chi connectivity index (χ0v) is 16.8. The summed E-state index contributed by atoms with van der Waals surface area (Å²) in [6.45, 7) is 4.69. The number of guanidine groups is 1. The number of aliphatic imine (C=N–C) groups is 1. The first-order chi connectivity index (χ1) is 13.5. The molecule has 0 aliphatic rings. The summed E-state index contributed by atoms with van der Waals surface area (Å²) in [6.07, 6.45) is 0. The lowest BCUT2D eigenvalue weighted by Crippen LogP contribution is -2.38. The number of rotatable bonds is 8. The zero-order valence-electron chi connectivity index (χ0n) is 16.8. The Balaban J connectivity index is 2.18. The second kappa shape index (κ2) is 10.5. The number of halogens is 1. The molecule has 0 aliphatic carbocycles. The SMILES string of the molecule is CCNC(=NCc1ccc(F)c(CO)c1)NC(C)c1cc(OC)ccc1OC. The molecule has 2 aromatic carbocycles. The summed E-state index contributed by atoms with van der Waals surface area (Å²) < 4.78 is 24.3. The van der Waals surface area contributed by atoms with Gasteiger partial charge in [0, 0.05) is 17.7 Å². The van der Waals surface area contributed by atoms with E-state index in [0.29, 0.717) is 19.0 Å². The molecule has 1 unspecified atom stereocenters. The third-order valence-corrected chi connectivity index (χ3v) is 4.30. The number of hydrogen-bond acceptors (Lipinski definition) is 4. The first-order valence-corrected chi connectivity index (χ1v) is 9.17. The Labute approximate surface area is 165 Å². The van der Waals surface area contributed by atoms with E-state index in [2.05, 4.69) is 15.6 Å². The van der Waals surface area contributed by atoms with Crippen LogP contribution in [0.3, 0.4) is 0 Å². The maximum absolute atomic E-state index is 13.5. The molecule has 0 fully saturated rings. The molecule has 0 saturated heterocycles. The van der Waals surface area contributed by atoms with E-state index in [-0.39, 0.29) is 18.2 Å². The number of nitrogens with one attached hydrogen (secondary N) is 2. The minimum atomic E-state index is -0.418. The summed E-state index contributed by atoms with van der Waals surface area (Å²) in [4.78, 5) is 4.57. The first kappa shape index (κ1) is 21.5. The molecule has 0 radical (unpaired) electrons. The van der Waals surface area contributed by atoms with Crippen molar-refractivity contribution in [3.8, 4) is 11.5 Å². The van der Waals surface area contributed by atoms with Crippen molar-refractivity contribution in [2.45, 2.75) is 33.0 Å². The van der Waals surface area contributed by atoms with Crippen molar-refractivity contribution in [2.75, 3.05) is 20.8 Å². The van der Waals surface area contributed by atoms with Crippen molar-refractivity contribution >= 4 is 5.96 Å². The number of methoxy groups -OCH3 is 2. The molecule has 6 nitrogen and oxygen atoms in total. The van der Waals surface area contributed by atoms with Gasteiger partial charge >= 0.3 is 0 Å². The highest BCUT2D eigenvalue weighted by Gasteiger charge is 2.14. The molecule has 0 aliphatic heterocycles. The van der Waals surface area contributed by atoms with Gasteiger partial charge in [0.15, 0.2) is 5.96 Å². The van der Waals surface area contributed by atoms with Crippen molar-refractivity contribution in [2.24, 2.45) is 4.99 Å². The van der Waals surface area contributed by atoms with E-state index in [9.17, 15) is 9.50 Å². The van der Waals surface area contributed by atoms with Crippen LogP contribution in [-0.2, 0) is 13.2 Å². The summed E-state index contributed by atoms with van der Waals surface area (Å²) in [7, 11) is 3.25. The third kappa shape index (κ3) is 5.60. The van der Waals surface area contributed by atoms with E-state index in [1.807, 2.05) is 32.0 Å². The number of hydrogen-bond donors (Lipinski definition) is 3. The largest absolute Gasteiger partial charge is 0.497 e. The molecule has 1 atom stereocenters. The monoisotopic (exact) mass is 389 g/mol. The van der Waals surface area contributed by atoms with Gasteiger partial charge in [0.2, 0.25) is 0 Å². The first-order valence-electron chi connectivity index (χ1n) is 9.17. The standard InChI is InChI=1S/C21H28FN3O3/c1-5-23-21(24-12-15-6-8-19(22)16(10-15)13-26)25-14(2)18-11-17(27-3)7-9-20(18)28-4/h6-11,14,26H,5,12-13H2,1-4H3,(H2,23,24,25). The van der Waals surface area contributed by atoms with Gasteiger partial charge in [0.25, 0.3) is 0 Å². The molecule has 0 amide bonds. The minimum Gasteiger partial charge on any atom is -0.497 e. The molecule has 2 aromatic rings. The Bertz CT molecular complexity index is 811. The van der Waals surface area contributed by atoms with Crippen LogP contribution in [-0.4, -0.2) is 31.8 Å². The summed E-state index contributed by atoms with van der Waals surface area (Å²) in [5.41, 5.74) is 2.02. The molecule has 3 N–H and O–H groups in total. The molecule has 152 valence electrons. The molecule has 0 aromatic heterocycles. The molecular formula is C21H28FN3O3. The number of aliphatic hydroxyl groups is 1. The van der Waals surface area contributed by atoms with Crippen LogP contribution in [0.4, 0.5) is 4.39 Å². The zero-order chi connectivity index (χ0) is 20.5. The van der Waals surface area contributed by atoms with Gasteiger partial charge in [-0.05, 0) is 49.7 Å². The Morgan fingerprint density at radius 1 is 1.18 bits per heavy atom. The summed E-state index contributed by atoms with van der Waals surface area (Å²) in [5.74, 6) is 1.70. The average molecular weight is 389 g/mol. The molecular weight excluding hydrogens is 361 g/mol. The van der Waals surface area contributed by atoms with Crippen LogP contribution >= 0.6 is 0 Å². The Morgan fingerprint density at radius 3 is 2.61 bits per heavy atom. The summed E-state index contributed by atoms with van der Waals surface area (Å²) >= 11 is 0. The van der Waals surface area contributed by atoms with Gasteiger partial charge in [-0.25, -0.2) is 9.38 Å². The second-order valence-electron chi connectivity index (χ2n) is 6.25. The lowest BCUT2D eigenvalue weighted by atomic mass is 10.1. The molecule has 7 heteroatoms. The smallest absolute Gasteiger partial charge is 0.192 e. The highest BCUT2D eigenvalue weighted by molar-refractivity contribution is 5.80. The molecule has 0 saturated carbocycles. The lowest BCUT2D eigenvalue weighted by Gasteiger charge is -2.21. The van der Waals surface area contributed by atoms with Crippen LogP contribution in [0.2, 0.25) is 0 Å². The van der Waals surface area contributed by atoms with E-state index >= 15 is 0 Å². The van der Waals surface area contributed by atoms with Crippen molar-refractivity contribution < 1.29 is 19.0 Å². The van der Waals surface area contributed by atoms with Crippen molar-refractivity contribution in [1.29, 1.82) is 0 Å². The van der Waals surface area contributed by atoms with Gasteiger partial charge in [-0.2, -0.15) is 0 Å². The predicted molar refractivity (Wildman–Crippen MR) is 108 cm³/mol. The van der Waals surface area contributed by atoms with E-state index in [0.717, 1.165) is 22.6 Å². The molecule has 28 heavy (non-hydrogen) atoms. The molecule has 0 heterocycles. The van der Waals surface area contributed by atoms with Crippen molar-refractivity contribution in [1.82, 2.24) is 10.6 Å². The second-order valence-corrected chi connectivity index (χ2v) is 6.25. The van der Waals surface area contributed by atoms with Gasteiger partial charge in [-0.1, -0.05) is 6.07 Å². The van der Waals surface area contributed by atoms with E-state index in [1.54, 1.807) is 26.4 Å². The number of ether oxygens (including phenoxy) is 2. The summed E-state index contributed by atoms with van der Waals surface area (Å²) in [6, 6.07) is 10.2. The normalized spacial score (nSPS) is 12.4. The Morgan fingerprint density at radius 2 is 1.96 bits per heavy atom. The highest BCUT2D eigenvalue weighted by Crippen LogP contribution is 2.29. The van der Waals surface area contributed by atoms with Crippen LogP contribution in [0.1, 0.15) is 36.6 Å². The van der Waals surface area contributed by atoms with Gasteiger partial charge < -0.3 is 25.2 Å². The van der Waals surface area contributed by atoms with Gasteiger partial charge in [0.05, 0.1) is 33.4 Å². The van der Waals surface area contributed by atoms with Crippen molar-refractivity contribution in [3.05, 3.63) is 58.9 Å². The molecule has 0 bridgehead atoms. The van der Waals surface area contributed by atoms with Gasteiger partial charge in [-0.15, -0.1) is 0 Å². The predicted octanol–water partition coefficient (Wildman–Crippen LogP) is 3.15. The fourth-order valence-corrected chi connectivity index (χ4v) is 2.80. The number of aliphatic hydroxyl groups excluding tert-OH is 1. The van der Waals surface area contributed by atoms with Crippen LogP contribution in [0.5, 0.6) is 11.5 Å². The number of nitrogens with zero attached hydrogens (tertiary/aromatic N) is 1. The fourth-order valence-electron chi connectivity index (χ4n) is 2.80. The van der Waals surface area contributed by atoms with E-state index < -0.39 is 5.82 Å². The maximum Gasteiger partial charge on any atom is 0.192 e.